The molecular weight excluding hydrogens is 675 g/mol. The van der Waals surface area contributed by atoms with Crippen molar-refractivity contribution in [3.8, 4) is 16.1 Å². The Balaban J connectivity index is 1.04. The minimum absolute atomic E-state index is 0.0593. The van der Waals surface area contributed by atoms with Gasteiger partial charge in [0.15, 0.2) is 5.82 Å². The van der Waals surface area contributed by atoms with Crippen LogP contribution in [0.4, 0.5) is 0 Å². The minimum atomic E-state index is -0.547. The highest BCUT2D eigenvalue weighted by atomic mass is 32.2. The van der Waals surface area contributed by atoms with Crippen LogP contribution in [0.3, 0.4) is 0 Å². The Bertz CT molecular complexity index is 2220. The summed E-state index contributed by atoms with van der Waals surface area (Å²) in [6, 6.07) is 34.1. The Morgan fingerprint density at radius 2 is 1.49 bits per heavy atom. The van der Waals surface area contributed by atoms with Crippen molar-refractivity contribution in [2.45, 2.75) is 50.4 Å². The number of thioether (sulfide) groups is 1. The predicted molar refractivity (Wildman–Crippen MR) is 204 cm³/mol. The number of nitrogens with zero attached hydrogens (tertiary/aromatic N) is 4. The largest absolute Gasteiger partial charge is 0.469 e. The summed E-state index contributed by atoms with van der Waals surface area (Å²) < 4.78 is 7.04. The number of fused-ring (bicyclic) bond motifs is 3. The first kappa shape index (κ1) is 34.1. The van der Waals surface area contributed by atoms with Crippen LogP contribution in [0.15, 0.2) is 113 Å². The Morgan fingerprint density at radius 1 is 0.824 bits per heavy atom. The second kappa shape index (κ2) is 14.9. The van der Waals surface area contributed by atoms with E-state index >= 15 is 0 Å². The normalized spacial score (nSPS) is 13.5. The van der Waals surface area contributed by atoms with Crippen molar-refractivity contribution in [3.63, 3.8) is 0 Å². The fourth-order valence-electron chi connectivity index (χ4n) is 6.13. The maximum absolute atomic E-state index is 13.0. The third kappa shape index (κ3) is 7.29. The number of benzene rings is 4. The van der Waals surface area contributed by atoms with Crippen LogP contribution in [0.25, 0.3) is 16.1 Å². The molecule has 1 atom stereocenters. The molecule has 8 nitrogen and oxygen atoms in total. The second-order valence-corrected chi connectivity index (χ2v) is 14.7. The van der Waals surface area contributed by atoms with Gasteiger partial charge in [0.2, 0.25) is 0 Å². The number of hydrogen-bond donors (Lipinski definition) is 1. The lowest BCUT2D eigenvalue weighted by atomic mass is 9.96. The van der Waals surface area contributed by atoms with Gasteiger partial charge in [0.1, 0.15) is 16.9 Å². The van der Waals surface area contributed by atoms with Gasteiger partial charge in [-0.15, -0.1) is 33.3 Å². The Labute approximate surface area is 305 Å². The first-order valence-corrected chi connectivity index (χ1v) is 18.5. The fourth-order valence-corrected chi connectivity index (χ4v) is 8.20. The van der Waals surface area contributed by atoms with Gasteiger partial charge in [0.25, 0.3) is 5.91 Å². The lowest BCUT2D eigenvalue weighted by molar-refractivity contribution is -0.141. The van der Waals surface area contributed by atoms with Crippen LogP contribution in [0.5, 0.6) is 0 Å². The van der Waals surface area contributed by atoms with Gasteiger partial charge in [-0.25, -0.2) is 0 Å². The van der Waals surface area contributed by atoms with E-state index in [2.05, 4.69) is 102 Å². The smallest absolute Gasteiger partial charge is 0.308 e. The SMILES string of the molecule is COC(=O)C[C@@H]1N=C(c2ccc(-c3ccc(C(=O)NCc4ccc(SCc5ccccc5)cc4)cc3)cc2)c2c(sc(C)c2C)-n2c(C)nnc21. The van der Waals surface area contributed by atoms with Gasteiger partial charge in [-0.05, 0) is 72.9 Å². The summed E-state index contributed by atoms with van der Waals surface area (Å²) >= 11 is 3.47. The van der Waals surface area contributed by atoms with Gasteiger partial charge in [-0.1, -0.05) is 78.9 Å². The van der Waals surface area contributed by atoms with Crippen molar-refractivity contribution in [2.24, 2.45) is 4.99 Å². The zero-order chi connectivity index (χ0) is 35.5. The molecule has 0 spiro atoms. The molecule has 0 fully saturated rings. The van der Waals surface area contributed by atoms with E-state index in [4.69, 9.17) is 9.73 Å². The number of nitrogens with one attached hydrogen (secondary N) is 1. The topological polar surface area (TPSA) is 98.5 Å². The molecule has 1 N–H and O–H groups in total. The number of thiophene rings is 1. The second-order valence-electron chi connectivity index (χ2n) is 12.4. The highest BCUT2D eigenvalue weighted by Crippen LogP contribution is 2.40. The van der Waals surface area contributed by atoms with E-state index in [9.17, 15) is 9.59 Å². The molecule has 0 saturated carbocycles. The summed E-state index contributed by atoms with van der Waals surface area (Å²) in [6.45, 7) is 6.59. The summed E-state index contributed by atoms with van der Waals surface area (Å²) in [6.07, 6.45) is 0.0593. The molecule has 0 unspecified atom stereocenters. The molecule has 1 aliphatic heterocycles. The van der Waals surface area contributed by atoms with Gasteiger partial charge in [0.05, 0.1) is 19.2 Å². The number of ether oxygens (including phenoxy) is 1. The van der Waals surface area contributed by atoms with Gasteiger partial charge in [-0.2, -0.15) is 0 Å². The van der Waals surface area contributed by atoms with Crippen LogP contribution in [-0.2, 0) is 21.8 Å². The Kier molecular flexibility index (Phi) is 9.96. The standard InChI is InChI=1S/C41H37N5O3S2/c1-25-26(2)51-41-37(25)38(43-35(22-36(47)49-4)39-45-44-27(3)46(39)41)32-16-12-30(13-17-32)31-14-18-33(19-15-31)40(48)42-23-28-10-20-34(21-11-28)50-24-29-8-6-5-7-9-29/h5-21,35H,22-24H2,1-4H3,(H,42,48)/t35-/m0/s1. The van der Waals surface area contributed by atoms with Crippen LogP contribution in [0.1, 0.15) is 67.2 Å². The zero-order valence-electron chi connectivity index (χ0n) is 28.8. The molecule has 3 heterocycles. The molecule has 4 aromatic carbocycles. The molecule has 1 aliphatic rings. The lowest BCUT2D eigenvalue weighted by Crippen LogP contribution is -2.22. The van der Waals surface area contributed by atoms with Crippen molar-refractivity contribution >= 4 is 40.7 Å². The molecule has 256 valence electrons. The van der Waals surface area contributed by atoms with Crippen molar-refractivity contribution in [3.05, 3.63) is 153 Å². The molecule has 0 saturated heterocycles. The Morgan fingerprint density at radius 3 is 2.18 bits per heavy atom. The molecule has 7 rings (SSSR count). The molecule has 10 heteroatoms. The number of methoxy groups -OCH3 is 1. The highest BCUT2D eigenvalue weighted by molar-refractivity contribution is 7.98. The quantitative estimate of drug-likeness (QED) is 0.113. The summed E-state index contributed by atoms with van der Waals surface area (Å²) in [5.74, 6) is 1.82. The molecular formula is C41H37N5O3S2. The van der Waals surface area contributed by atoms with Gasteiger partial charge in [-0.3, -0.25) is 19.1 Å². The highest BCUT2D eigenvalue weighted by Gasteiger charge is 2.32. The predicted octanol–water partition coefficient (Wildman–Crippen LogP) is 8.60. The van der Waals surface area contributed by atoms with E-state index in [1.54, 1.807) is 23.1 Å². The summed E-state index contributed by atoms with van der Waals surface area (Å²) in [4.78, 5) is 33.0. The minimum Gasteiger partial charge on any atom is -0.469 e. The Hall–Kier alpha value is -5.32. The maximum Gasteiger partial charge on any atom is 0.308 e. The monoisotopic (exact) mass is 711 g/mol. The first-order chi connectivity index (χ1) is 24.8. The van der Waals surface area contributed by atoms with Crippen LogP contribution in [0.2, 0.25) is 0 Å². The maximum atomic E-state index is 13.0. The van der Waals surface area contributed by atoms with Crippen molar-refractivity contribution < 1.29 is 14.3 Å². The number of hydrogen-bond acceptors (Lipinski definition) is 8. The number of carbonyl (C=O) groups excluding carboxylic acids is 2. The van der Waals surface area contributed by atoms with Crippen molar-refractivity contribution in [2.75, 3.05) is 7.11 Å². The molecule has 0 aliphatic carbocycles. The lowest BCUT2D eigenvalue weighted by Gasteiger charge is -2.12. The number of carbonyl (C=O) groups is 2. The molecule has 2 aromatic heterocycles. The van der Waals surface area contributed by atoms with E-state index in [0.717, 1.165) is 55.7 Å². The van der Waals surface area contributed by atoms with E-state index in [1.165, 1.54) is 22.4 Å². The van der Waals surface area contributed by atoms with Gasteiger partial charge < -0.3 is 10.1 Å². The summed E-state index contributed by atoms with van der Waals surface area (Å²) in [5.41, 5.74) is 8.87. The van der Waals surface area contributed by atoms with Crippen LogP contribution < -0.4 is 5.32 Å². The number of aromatic nitrogens is 3. The van der Waals surface area contributed by atoms with Crippen LogP contribution in [-0.4, -0.2) is 39.5 Å². The molecule has 0 radical (unpaired) electrons. The number of esters is 1. The van der Waals surface area contributed by atoms with E-state index in [1.807, 2.05) is 41.8 Å². The average Bonchev–Trinajstić information content (AvgIpc) is 3.65. The number of aryl methyl sites for hydroxylation is 2. The van der Waals surface area contributed by atoms with E-state index in [-0.39, 0.29) is 18.3 Å². The molecule has 1 amide bonds. The zero-order valence-corrected chi connectivity index (χ0v) is 30.5. The summed E-state index contributed by atoms with van der Waals surface area (Å²) in [5, 5.41) is 12.8. The average molecular weight is 712 g/mol. The number of aliphatic imine (C=N–C) groups is 1. The van der Waals surface area contributed by atoms with Crippen LogP contribution in [0, 0.1) is 20.8 Å². The van der Waals surface area contributed by atoms with E-state index < -0.39 is 6.04 Å². The summed E-state index contributed by atoms with van der Waals surface area (Å²) in [7, 11) is 1.38. The third-order valence-electron chi connectivity index (χ3n) is 9.09. The molecule has 51 heavy (non-hydrogen) atoms. The molecule has 0 bridgehead atoms. The number of amides is 1. The van der Waals surface area contributed by atoms with E-state index in [0.29, 0.717) is 17.9 Å². The fraction of sp³-hybridized carbons (Fsp3) is 0.195. The first-order valence-electron chi connectivity index (χ1n) is 16.7. The van der Waals surface area contributed by atoms with Crippen molar-refractivity contribution in [1.82, 2.24) is 20.1 Å². The van der Waals surface area contributed by atoms with Crippen molar-refractivity contribution in [1.29, 1.82) is 0 Å². The molecule has 6 aromatic rings. The van der Waals surface area contributed by atoms with Gasteiger partial charge in [0, 0.05) is 38.8 Å². The van der Waals surface area contributed by atoms with Gasteiger partial charge >= 0.3 is 5.97 Å². The third-order valence-corrected chi connectivity index (χ3v) is 11.4. The van der Waals surface area contributed by atoms with Crippen LogP contribution >= 0.6 is 23.1 Å². The number of rotatable bonds is 10.